The van der Waals surface area contributed by atoms with E-state index in [1.807, 2.05) is 0 Å². The maximum Gasteiger partial charge on any atom is 0.122 e. The number of benzene rings is 1. The van der Waals surface area contributed by atoms with Gasteiger partial charge in [0, 0.05) is 0 Å². The molecule has 0 bridgehead atoms. The maximum absolute atomic E-state index is 5.63. The van der Waals surface area contributed by atoms with E-state index < -0.39 is 0 Å². The molecule has 0 radical (unpaired) electrons. The molecule has 84 valence electrons. The zero-order valence-corrected chi connectivity index (χ0v) is 10.1. The lowest BCUT2D eigenvalue weighted by Crippen LogP contribution is -2.22. The standard InChI is InChI=1S/C13H21NO/c1-10-5-6-11(12(9-10)15-4)13(2,3)7-8-14/h5-6,9H,7-8,14H2,1-4H3. The second-order valence-corrected chi connectivity index (χ2v) is 4.63. The highest BCUT2D eigenvalue weighted by Crippen LogP contribution is 2.34. The molecule has 0 heterocycles. The first kappa shape index (κ1) is 12.1. The third kappa shape index (κ3) is 2.72. The van der Waals surface area contributed by atoms with Gasteiger partial charge < -0.3 is 10.5 Å². The van der Waals surface area contributed by atoms with Gasteiger partial charge in [-0.05, 0) is 42.5 Å². The first-order chi connectivity index (χ1) is 7.01. The Morgan fingerprint density at radius 2 is 2.00 bits per heavy atom. The summed E-state index contributed by atoms with van der Waals surface area (Å²) in [5.41, 5.74) is 8.17. The van der Waals surface area contributed by atoms with Crippen LogP contribution >= 0.6 is 0 Å². The number of hydrogen-bond acceptors (Lipinski definition) is 2. The Balaban J connectivity index is 3.12. The average Bonchev–Trinajstić information content (AvgIpc) is 2.17. The van der Waals surface area contributed by atoms with Crippen molar-refractivity contribution in [3.63, 3.8) is 0 Å². The molecular weight excluding hydrogens is 186 g/mol. The molecule has 1 aromatic carbocycles. The monoisotopic (exact) mass is 207 g/mol. The van der Waals surface area contributed by atoms with Gasteiger partial charge >= 0.3 is 0 Å². The smallest absolute Gasteiger partial charge is 0.122 e. The van der Waals surface area contributed by atoms with E-state index in [0.29, 0.717) is 6.54 Å². The molecule has 0 atom stereocenters. The molecule has 2 N–H and O–H groups in total. The average molecular weight is 207 g/mol. The van der Waals surface area contributed by atoms with Crippen LogP contribution in [0.4, 0.5) is 0 Å². The van der Waals surface area contributed by atoms with Gasteiger partial charge in [-0.1, -0.05) is 26.0 Å². The molecule has 0 aliphatic carbocycles. The quantitative estimate of drug-likeness (QED) is 0.823. The lowest BCUT2D eigenvalue weighted by molar-refractivity contribution is 0.386. The first-order valence-corrected chi connectivity index (χ1v) is 5.36. The van der Waals surface area contributed by atoms with Crippen LogP contribution in [0.1, 0.15) is 31.4 Å². The van der Waals surface area contributed by atoms with Crippen LogP contribution < -0.4 is 10.5 Å². The van der Waals surface area contributed by atoms with E-state index in [4.69, 9.17) is 10.5 Å². The summed E-state index contributed by atoms with van der Waals surface area (Å²) in [6.07, 6.45) is 0.965. The fourth-order valence-electron chi connectivity index (χ4n) is 1.85. The van der Waals surface area contributed by atoms with Crippen LogP contribution in [0.15, 0.2) is 18.2 Å². The SMILES string of the molecule is COc1cc(C)ccc1C(C)(C)CCN. The summed E-state index contributed by atoms with van der Waals surface area (Å²) in [4.78, 5) is 0. The largest absolute Gasteiger partial charge is 0.496 e. The van der Waals surface area contributed by atoms with E-state index in [9.17, 15) is 0 Å². The first-order valence-electron chi connectivity index (χ1n) is 5.36. The summed E-state index contributed by atoms with van der Waals surface area (Å²) < 4.78 is 5.42. The zero-order valence-electron chi connectivity index (χ0n) is 10.1. The van der Waals surface area contributed by atoms with Crippen LogP contribution in [0.5, 0.6) is 5.75 Å². The Morgan fingerprint density at radius 1 is 1.33 bits per heavy atom. The molecule has 0 amide bonds. The fourth-order valence-corrected chi connectivity index (χ4v) is 1.85. The predicted molar refractivity (Wildman–Crippen MR) is 64.4 cm³/mol. The van der Waals surface area contributed by atoms with Crippen molar-refractivity contribution in [3.05, 3.63) is 29.3 Å². The Hall–Kier alpha value is -1.02. The van der Waals surface area contributed by atoms with Gasteiger partial charge in [-0.25, -0.2) is 0 Å². The number of rotatable bonds is 4. The number of nitrogens with two attached hydrogens (primary N) is 1. The van der Waals surface area contributed by atoms with Crippen molar-refractivity contribution < 1.29 is 4.74 Å². The summed E-state index contributed by atoms with van der Waals surface area (Å²) in [6.45, 7) is 7.17. The lowest BCUT2D eigenvalue weighted by atomic mass is 9.80. The molecule has 0 unspecified atom stereocenters. The Bertz CT molecular complexity index is 331. The molecule has 0 aliphatic heterocycles. The summed E-state index contributed by atoms with van der Waals surface area (Å²) >= 11 is 0. The van der Waals surface area contributed by atoms with Gasteiger partial charge in [0.1, 0.15) is 5.75 Å². The Kier molecular flexibility index (Phi) is 3.75. The van der Waals surface area contributed by atoms with Crippen LogP contribution in [0, 0.1) is 6.92 Å². The van der Waals surface area contributed by atoms with Crippen LogP contribution in [-0.2, 0) is 5.41 Å². The number of hydrogen-bond donors (Lipinski definition) is 1. The van der Waals surface area contributed by atoms with Crippen molar-refractivity contribution in [2.45, 2.75) is 32.6 Å². The van der Waals surface area contributed by atoms with Crippen molar-refractivity contribution in [1.29, 1.82) is 0 Å². The Labute approximate surface area is 92.4 Å². The highest BCUT2D eigenvalue weighted by Gasteiger charge is 2.23. The van der Waals surface area contributed by atoms with Gasteiger partial charge in [0.2, 0.25) is 0 Å². The normalized spacial score (nSPS) is 11.5. The molecule has 0 saturated heterocycles. The van der Waals surface area contributed by atoms with Crippen LogP contribution in [0.25, 0.3) is 0 Å². The molecule has 0 fully saturated rings. The summed E-state index contributed by atoms with van der Waals surface area (Å²) in [7, 11) is 1.72. The molecule has 15 heavy (non-hydrogen) atoms. The lowest BCUT2D eigenvalue weighted by Gasteiger charge is -2.26. The van der Waals surface area contributed by atoms with E-state index in [0.717, 1.165) is 12.2 Å². The molecule has 2 heteroatoms. The second-order valence-electron chi connectivity index (χ2n) is 4.63. The molecular formula is C13H21NO. The molecule has 0 saturated carbocycles. The number of methoxy groups -OCH3 is 1. The van der Waals surface area contributed by atoms with Crippen LogP contribution in [-0.4, -0.2) is 13.7 Å². The minimum absolute atomic E-state index is 0.0772. The summed E-state index contributed by atoms with van der Waals surface area (Å²) in [5.74, 6) is 0.966. The summed E-state index contributed by atoms with van der Waals surface area (Å²) in [6, 6.07) is 6.34. The highest BCUT2D eigenvalue weighted by atomic mass is 16.5. The van der Waals surface area contributed by atoms with Crippen LogP contribution in [0.3, 0.4) is 0 Å². The van der Waals surface area contributed by atoms with E-state index in [-0.39, 0.29) is 5.41 Å². The van der Waals surface area contributed by atoms with Gasteiger partial charge in [0.15, 0.2) is 0 Å². The van der Waals surface area contributed by atoms with Gasteiger partial charge in [-0.2, -0.15) is 0 Å². The van der Waals surface area contributed by atoms with E-state index in [2.05, 4.69) is 39.0 Å². The molecule has 0 spiro atoms. The van der Waals surface area contributed by atoms with Gasteiger partial charge in [0.05, 0.1) is 7.11 Å². The molecule has 0 aliphatic rings. The van der Waals surface area contributed by atoms with Crippen molar-refractivity contribution in [2.75, 3.05) is 13.7 Å². The van der Waals surface area contributed by atoms with Gasteiger partial charge in [-0.15, -0.1) is 0 Å². The zero-order chi connectivity index (χ0) is 11.5. The predicted octanol–water partition coefficient (Wildman–Crippen LogP) is 2.63. The topological polar surface area (TPSA) is 35.2 Å². The minimum Gasteiger partial charge on any atom is -0.496 e. The van der Waals surface area contributed by atoms with Crippen molar-refractivity contribution in [2.24, 2.45) is 5.73 Å². The summed E-state index contributed by atoms with van der Waals surface area (Å²) in [5, 5.41) is 0. The fraction of sp³-hybridized carbons (Fsp3) is 0.538. The van der Waals surface area contributed by atoms with Gasteiger partial charge in [0.25, 0.3) is 0 Å². The van der Waals surface area contributed by atoms with Crippen LogP contribution in [0.2, 0.25) is 0 Å². The van der Waals surface area contributed by atoms with Gasteiger partial charge in [-0.3, -0.25) is 0 Å². The third-order valence-corrected chi connectivity index (χ3v) is 2.86. The number of aryl methyl sites for hydroxylation is 1. The van der Waals surface area contributed by atoms with E-state index >= 15 is 0 Å². The molecule has 1 aromatic rings. The minimum atomic E-state index is 0.0772. The molecule has 0 aromatic heterocycles. The van der Waals surface area contributed by atoms with Crippen molar-refractivity contribution in [1.82, 2.24) is 0 Å². The number of ether oxygens (including phenoxy) is 1. The van der Waals surface area contributed by atoms with E-state index in [1.165, 1.54) is 11.1 Å². The van der Waals surface area contributed by atoms with Crippen molar-refractivity contribution in [3.8, 4) is 5.75 Å². The Morgan fingerprint density at radius 3 is 2.53 bits per heavy atom. The molecule has 1 rings (SSSR count). The van der Waals surface area contributed by atoms with Crippen molar-refractivity contribution >= 4 is 0 Å². The van der Waals surface area contributed by atoms with E-state index in [1.54, 1.807) is 7.11 Å². The third-order valence-electron chi connectivity index (χ3n) is 2.86. The maximum atomic E-state index is 5.63. The highest BCUT2D eigenvalue weighted by molar-refractivity contribution is 5.41. The molecule has 2 nitrogen and oxygen atoms in total. The second kappa shape index (κ2) is 4.67.